The molecule has 0 unspecified atom stereocenters. The lowest BCUT2D eigenvalue weighted by Crippen LogP contribution is -2.48. The lowest BCUT2D eigenvalue weighted by atomic mass is 9.98. The van der Waals surface area contributed by atoms with Gasteiger partial charge in [-0.05, 0) is 66.8 Å². The summed E-state index contributed by atoms with van der Waals surface area (Å²) in [6, 6.07) is 4.52. The molecule has 1 aromatic rings. The summed E-state index contributed by atoms with van der Waals surface area (Å²) in [5, 5.41) is 19.8. The fraction of sp³-hybridized carbons (Fsp3) is 0.647. The fourth-order valence-corrected chi connectivity index (χ4v) is 4.99. The molecule has 1 aromatic carbocycles. The molecule has 0 aromatic heterocycles. The summed E-state index contributed by atoms with van der Waals surface area (Å²) in [5.74, 6) is 0.348. The summed E-state index contributed by atoms with van der Waals surface area (Å²) in [6.07, 6.45) is 4.09. The van der Waals surface area contributed by atoms with Crippen molar-refractivity contribution in [2.75, 3.05) is 26.2 Å². The molecule has 0 bridgehead atoms. The van der Waals surface area contributed by atoms with Crippen molar-refractivity contribution in [2.45, 2.75) is 44.4 Å². The molecule has 0 saturated carbocycles. The number of nitrogens with zero attached hydrogens (tertiary/aromatic N) is 2. The van der Waals surface area contributed by atoms with Crippen LogP contribution in [-0.2, 0) is 6.54 Å². The fourth-order valence-electron chi connectivity index (χ4n) is 3.67. The van der Waals surface area contributed by atoms with Crippen molar-refractivity contribution >= 4 is 31.9 Å². The maximum atomic E-state index is 10.2. The van der Waals surface area contributed by atoms with Gasteiger partial charge < -0.3 is 15.1 Å². The minimum absolute atomic E-state index is 0.0933. The van der Waals surface area contributed by atoms with E-state index in [1.165, 1.54) is 12.8 Å². The number of benzene rings is 1. The smallest absolute Gasteiger partial charge is 0.134 e. The predicted molar refractivity (Wildman–Crippen MR) is 98.6 cm³/mol. The first-order valence-corrected chi connectivity index (χ1v) is 9.93. The van der Waals surface area contributed by atoms with Crippen LogP contribution in [0.4, 0.5) is 0 Å². The van der Waals surface area contributed by atoms with Crippen LogP contribution in [0.1, 0.15) is 31.2 Å². The normalized spacial score (nSPS) is 22.6. The highest BCUT2D eigenvalue weighted by molar-refractivity contribution is 9.11. The molecule has 2 aliphatic heterocycles. The van der Waals surface area contributed by atoms with Crippen molar-refractivity contribution < 1.29 is 10.2 Å². The van der Waals surface area contributed by atoms with Crippen LogP contribution in [0.5, 0.6) is 5.75 Å². The molecule has 0 radical (unpaired) electrons. The first-order chi connectivity index (χ1) is 11.0. The van der Waals surface area contributed by atoms with Gasteiger partial charge in [0.25, 0.3) is 0 Å². The second-order valence-corrected chi connectivity index (χ2v) is 8.44. The number of phenolic OH excluding ortho intramolecular Hbond substituents is 1. The largest absolute Gasteiger partial charge is 0.506 e. The van der Waals surface area contributed by atoms with Crippen molar-refractivity contribution in [1.82, 2.24) is 9.80 Å². The van der Waals surface area contributed by atoms with Crippen molar-refractivity contribution in [3.05, 3.63) is 26.6 Å². The third kappa shape index (κ3) is 4.48. The quantitative estimate of drug-likeness (QED) is 0.745. The number of likely N-dealkylation sites (tertiary alicyclic amines) is 2. The Kier molecular flexibility index (Phi) is 6.02. The molecule has 2 saturated heterocycles. The number of halogens is 2. The monoisotopic (exact) mass is 446 g/mol. The number of hydrogen-bond acceptors (Lipinski definition) is 4. The number of phenols is 1. The molecule has 6 heteroatoms. The Balaban J connectivity index is 1.53. The van der Waals surface area contributed by atoms with Gasteiger partial charge in [0.2, 0.25) is 0 Å². The molecular formula is C17H24Br2N2O2. The van der Waals surface area contributed by atoms with Crippen molar-refractivity contribution in [3.63, 3.8) is 0 Å². The summed E-state index contributed by atoms with van der Waals surface area (Å²) in [6.45, 7) is 4.98. The molecule has 0 atom stereocenters. The van der Waals surface area contributed by atoms with E-state index >= 15 is 0 Å². The van der Waals surface area contributed by atoms with E-state index in [1.807, 2.05) is 12.1 Å². The Hall–Kier alpha value is -0.140. The summed E-state index contributed by atoms with van der Waals surface area (Å²) >= 11 is 6.89. The van der Waals surface area contributed by atoms with Gasteiger partial charge in [-0.2, -0.15) is 0 Å². The Labute approximate surface area is 154 Å². The van der Waals surface area contributed by atoms with Crippen LogP contribution in [-0.4, -0.2) is 58.3 Å². The van der Waals surface area contributed by atoms with Gasteiger partial charge in [-0.3, -0.25) is 4.90 Å². The molecule has 128 valence electrons. The van der Waals surface area contributed by atoms with Crippen LogP contribution in [0.2, 0.25) is 0 Å². The van der Waals surface area contributed by atoms with E-state index in [2.05, 4.69) is 41.7 Å². The number of rotatable bonds is 3. The van der Waals surface area contributed by atoms with Crippen molar-refractivity contribution in [3.8, 4) is 5.75 Å². The SMILES string of the molecule is Oc1c(Br)cc(Br)cc1CN1CCC(N2CCC(O)CC2)CC1. The van der Waals surface area contributed by atoms with Gasteiger partial charge in [-0.1, -0.05) is 15.9 Å². The van der Waals surface area contributed by atoms with Crippen LogP contribution < -0.4 is 0 Å². The molecule has 2 heterocycles. The molecular weight excluding hydrogens is 424 g/mol. The third-order valence-electron chi connectivity index (χ3n) is 5.07. The van der Waals surface area contributed by atoms with E-state index in [-0.39, 0.29) is 6.10 Å². The predicted octanol–water partition coefficient (Wildman–Crippen LogP) is 3.34. The van der Waals surface area contributed by atoms with Crippen molar-refractivity contribution in [1.29, 1.82) is 0 Å². The van der Waals surface area contributed by atoms with E-state index in [1.54, 1.807) is 0 Å². The Bertz CT molecular complexity index is 540. The lowest BCUT2D eigenvalue weighted by molar-refractivity contribution is 0.0375. The Morgan fingerprint density at radius 2 is 1.65 bits per heavy atom. The highest BCUT2D eigenvalue weighted by Crippen LogP contribution is 2.33. The number of aromatic hydroxyl groups is 1. The number of aliphatic hydroxyl groups is 1. The summed E-state index contributed by atoms with van der Waals surface area (Å²) in [4.78, 5) is 4.97. The summed E-state index contributed by atoms with van der Waals surface area (Å²) in [7, 11) is 0. The van der Waals surface area contributed by atoms with E-state index < -0.39 is 0 Å². The van der Waals surface area contributed by atoms with Crippen LogP contribution in [0, 0.1) is 0 Å². The highest BCUT2D eigenvalue weighted by Gasteiger charge is 2.27. The second-order valence-electron chi connectivity index (χ2n) is 6.67. The average Bonchev–Trinajstić information content (AvgIpc) is 2.54. The van der Waals surface area contributed by atoms with Gasteiger partial charge in [-0.15, -0.1) is 0 Å². The maximum Gasteiger partial charge on any atom is 0.134 e. The average molecular weight is 448 g/mol. The minimum atomic E-state index is -0.0933. The minimum Gasteiger partial charge on any atom is -0.506 e. The van der Waals surface area contributed by atoms with E-state index in [9.17, 15) is 10.2 Å². The number of hydrogen-bond donors (Lipinski definition) is 2. The number of aliphatic hydroxyl groups excluding tert-OH is 1. The molecule has 2 aliphatic rings. The van der Waals surface area contributed by atoms with E-state index in [0.29, 0.717) is 11.8 Å². The Morgan fingerprint density at radius 1 is 1.00 bits per heavy atom. The topological polar surface area (TPSA) is 46.9 Å². The molecule has 23 heavy (non-hydrogen) atoms. The van der Waals surface area contributed by atoms with Gasteiger partial charge in [0.1, 0.15) is 5.75 Å². The van der Waals surface area contributed by atoms with Gasteiger partial charge in [0.05, 0.1) is 10.6 Å². The molecule has 4 nitrogen and oxygen atoms in total. The van der Waals surface area contributed by atoms with Crippen LogP contribution in [0.3, 0.4) is 0 Å². The van der Waals surface area contributed by atoms with Crippen molar-refractivity contribution in [2.24, 2.45) is 0 Å². The van der Waals surface area contributed by atoms with Gasteiger partial charge in [-0.25, -0.2) is 0 Å². The van der Waals surface area contributed by atoms with E-state index in [4.69, 9.17) is 0 Å². The molecule has 3 rings (SSSR count). The zero-order chi connectivity index (χ0) is 16.4. The zero-order valence-electron chi connectivity index (χ0n) is 13.2. The Morgan fingerprint density at radius 3 is 2.30 bits per heavy atom. The lowest BCUT2D eigenvalue weighted by Gasteiger charge is -2.41. The van der Waals surface area contributed by atoms with Gasteiger partial charge in [0, 0.05) is 35.7 Å². The molecule has 2 fully saturated rings. The summed E-state index contributed by atoms with van der Waals surface area (Å²) < 4.78 is 1.72. The standard InChI is InChI=1S/C17H24Br2N2O2/c18-13-9-12(17(23)16(19)10-13)11-20-5-1-14(2-6-20)21-7-3-15(22)4-8-21/h9-10,14-15,22-23H,1-8,11H2. The van der Waals surface area contributed by atoms with Gasteiger partial charge in [0.15, 0.2) is 0 Å². The zero-order valence-corrected chi connectivity index (χ0v) is 16.4. The third-order valence-corrected chi connectivity index (χ3v) is 6.14. The summed E-state index contributed by atoms with van der Waals surface area (Å²) in [5.41, 5.74) is 0.964. The first-order valence-electron chi connectivity index (χ1n) is 8.34. The highest BCUT2D eigenvalue weighted by atomic mass is 79.9. The molecule has 0 amide bonds. The van der Waals surface area contributed by atoms with Crippen LogP contribution in [0.15, 0.2) is 21.1 Å². The molecule has 0 spiro atoms. The molecule has 2 N–H and O–H groups in total. The maximum absolute atomic E-state index is 10.2. The van der Waals surface area contributed by atoms with Crippen LogP contribution in [0.25, 0.3) is 0 Å². The first kappa shape index (κ1) is 17.7. The van der Waals surface area contributed by atoms with Crippen LogP contribution >= 0.6 is 31.9 Å². The molecule has 0 aliphatic carbocycles. The second kappa shape index (κ2) is 7.83. The number of piperidine rings is 2. The van der Waals surface area contributed by atoms with Gasteiger partial charge >= 0.3 is 0 Å². The van der Waals surface area contributed by atoms with E-state index in [0.717, 1.165) is 60.1 Å².